The lowest BCUT2D eigenvalue weighted by atomic mass is 9.79. The average Bonchev–Trinajstić information content (AvgIpc) is 3.21. The summed E-state index contributed by atoms with van der Waals surface area (Å²) in [6.07, 6.45) is 15.9. The predicted octanol–water partition coefficient (Wildman–Crippen LogP) is 2.88. The molecule has 2 heteroatoms. The maximum atomic E-state index is 3.80. The zero-order valence-electron chi connectivity index (χ0n) is 12.2. The molecule has 106 valence electrons. The molecule has 0 aromatic carbocycles. The molecule has 3 atom stereocenters. The molecular weight excluding hydrogens is 232 g/mol. The molecule has 2 N–H and O–H groups in total. The maximum Gasteiger partial charge on any atom is 0.0108 e. The van der Waals surface area contributed by atoms with Crippen molar-refractivity contribution < 1.29 is 0 Å². The normalized spacial score (nSPS) is 38.6. The number of hydrogen-bond acceptors (Lipinski definition) is 2. The minimum absolute atomic E-state index is 0.418. The van der Waals surface area contributed by atoms with Crippen LogP contribution in [-0.4, -0.2) is 25.7 Å². The van der Waals surface area contributed by atoms with Gasteiger partial charge in [0.05, 0.1) is 0 Å². The highest BCUT2D eigenvalue weighted by molar-refractivity contribution is 5.21. The Balaban J connectivity index is 1.36. The van der Waals surface area contributed by atoms with Crippen molar-refractivity contribution in [1.29, 1.82) is 0 Å². The molecule has 2 fully saturated rings. The highest BCUT2D eigenvalue weighted by atomic mass is 15.0. The van der Waals surface area contributed by atoms with Crippen LogP contribution in [-0.2, 0) is 0 Å². The number of nitrogens with one attached hydrogen (secondary N) is 2. The quantitative estimate of drug-likeness (QED) is 0.794. The summed E-state index contributed by atoms with van der Waals surface area (Å²) >= 11 is 0. The van der Waals surface area contributed by atoms with E-state index in [1.165, 1.54) is 51.7 Å². The van der Waals surface area contributed by atoms with Crippen LogP contribution in [0.3, 0.4) is 0 Å². The molecule has 0 spiro atoms. The van der Waals surface area contributed by atoms with Crippen molar-refractivity contribution in [1.82, 2.24) is 10.6 Å². The number of allylic oxidation sites excluding steroid dienone is 4. The largest absolute Gasteiger partial charge is 0.317 e. The third kappa shape index (κ3) is 3.29. The maximum absolute atomic E-state index is 3.80. The fraction of sp³-hybridized carbons (Fsp3) is 0.765. The van der Waals surface area contributed by atoms with Gasteiger partial charge in [-0.05, 0) is 69.0 Å². The molecule has 1 heterocycles. The van der Waals surface area contributed by atoms with E-state index in [4.69, 9.17) is 0 Å². The van der Waals surface area contributed by atoms with Crippen LogP contribution in [0.15, 0.2) is 24.3 Å². The van der Waals surface area contributed by atoms with E-state index in [1.54, 1.807) is 0 Å². The molecule has 0 bridgehead atoms. The second-order valence-electron chi connectivity index (χ2n) is 6.88. The molecule has 0 amide bonds. The van der Waals surface area contributed by atoms with Crippen molar-refractivity contribution in [3.63, 3.8) is 0 Å². The topological polar surface area (TPSA) is 24.1 Å². The van der Waals surface area contributed by atoms with Gasteiger partial charge < -0.3 is 10.6 Å². The predicted molar refractivity (Wildman–Crippen MR) is 81.1 cm³/mol. The van der Waals surface area contributed by atoms with Gasteiger partial charge in [0.2, 0.25) is 0 Å². The zero-order valence-corrected chi connectivity index (χ0v) is 12.2. The molecule has 2 nitrogen and oxygen atoms in total. The molecule has 1 saturated heterocycles. The minimum atomic E-state index is 0.418. The van der Waals surface area contributed by atoms with E-state index in [9.17, 15) is 0 Å². The van der Waals surface area contributed by atoms with Gasteiger partial charge in [-0.15, -0.1) is 0 Å². The highest BCUT2D eigenvalue weighted by Crippen LogP contribution is 2.49. The fourth-order valence-electron chi connectivity index (χ4n) is 3.81. The van der Waals surface area contributed by atoms with Crippen LogP contribution in [0.25, 0.3) is 0 Å². The van der Waals surface area contributed by atoms with Crippen LogP contribution in [0, 0.1) is 17.3 Å². The van der Waals surface area contributed by atoms with Crippen LogP contribution < -0.4 is 10.6 Å². The van der Waals surface area contributed by atoms with Gasteiger partial charge in [0.25, 0.3) is 0 Å². The zero-order chi connectivity index (χ0) is 13.1. The SMILES string of the molecule is CC1([C@H]2C[C@@H]2NCCC2CCNCC2)C=CC=CC1. The first kappa shape index (κ1) is 13.4. The third-order valence-corrected chi connectivity index (χ3v) is 5.34. The summed E-state index contributed by atoms with van der Waals surface area (Å²) in [5, 5.41) is 7.24. The smallest absolute Gasteiger partial charge is 0.0108 e. The van der Waals surface area contributed by atoms with E-state index in [2.05, 4.69) is 41.9 Å². The van der Waals surface area contributed by atoms with E-state index in [1.807, 2.05) is 0 Å². The van der Waals surface area contributed by atoms with Gasteiger partial charge in [-0.2, -0.15) is 0 Å². The molecule has 2 aliphatic carbocycles. The van der Waals surface area contributed by atoms with E-state index >= 15 is 0 Å². The Morgan fingerprint density at radius 2 is 2.11 bits per heavy atom. The molecule has 3 rings (SSSR count). The molecule has 1 aliphatic heterocycles. The lowest BCUT2D eigenvalue weighted by Gasteiger charge is -2.27. The van der Waals surface area contributed by atoms with Crippen molar-refractivity contribution in [3.05, 3.63) is 24.3 Å². The Kier molecular flexibility index (Phi) is 4.09. The Bertz CT molecular complexity index is 354. The number of rotatable bonds is 5. The van der Waals surface area contributed by atoms with E-state index in [-0.39, 0.29) is 0 Å². The summed E-state index contributed by atoms with van der Waals surface area (Å²) in [5.41, 5.74) is 0.418. The Morgan fingerprint density at radius 1 is 1.26 bits per heavy atom. The highest BCUT2D eigenvalue weighted by Gasteiger charge is 2.48. The molecule has 0 aromatic rings. The molecule has 0 aromatic heterocycles. The van der Waals surface area contributed by atoms with Crippen LogP contribution >= 0.6 is 0 Å². The fourth-order valence-corrected chi connectivity index (χ4v) is 3.81. The molecular formula is C17H28N2. The van der Waals surface area contributed by atoms with Gasteiger partial charge in [-0.3, -0.25) is 0 Å². The Morgan fingerprint density at radius 3 is 2.84 bits per heavy atom. The Labute approximate surface area is 117 Å². The van der Waals surface area contributed by atoms with Gasteiger partial charge in [-0.1, -0.05) is 31.2 Å². The second-order valence-corrected chi connectivity index (χ2v) is 6.88. The van der Waals surface area contributed by atoms with Gasteiger partial charge in [0.1, 0.15) is 0 Å². The summed E-state index contributed by atoms with van der Waals surface area (Å²) in [5.74, 6) is 1.82. The molecule has 0 radical (unpaired) electrons. The summed E-state index contributed by atoms with van der Waals surface area (Å²) < 4.78 is 0. The van der Waals surface area contributed by atoms with Crippen LogP contribution in [0.1, 0.15) is 39.0 Å². The first-order valence-corrected chi connectivity index (χ1v) is 8.06. The van der Waals surface area contributed by atoms with Gasteiger partial charge in [-0.25, -0.2) is 0 Å². The van der Waals surface area contributed by atoms with Crippen LogP contribution in [0.4, 0.5) is 0 Å². The van der Waals surface area contributed by atoms with Crippen molar-refractivity contribution >= 4 is 0 Å². The van der Waals surface area contributed by atoms with Gasteiger partial charge >= 0.3 is 0 Å². The number of hydrogen-bond donors (Lipinski definition) is 2. The van der Waals surface area contributed by atoms with E-state index < -0.39 is 0 Å². The summed E-state index contributed by atoms with van der Waals surface area (Å²) in [7, 11) is 0. The Hall–Kier alpha value is -0.600. The third-order valence-electron chi connectivity index (χ3n) is 5.34. The van der Waals surface area contributed by atoms with Crippen molar-refractivity contribution in [2.75, 3.05) is 19.6 Å². The summed E-state index contributed by atoms with van der Waals surface area (Å²) in [4.78, 5) is 0. The van der Waals surface area contributed by atoms with Crippen molar-refractivity contribution in [2.45, 2.75) is 45.1 Å². The number of piperidine rings is 1. The second kappa shape index (κ2) is 5.80. The monoisotopic (exact) mass is 260 g/mol. The van der Waals surface area contributed by atoms with Crippen LogP contribution in [0.2, 0.25) is 0 Å². The lowest BCUT2D eigenvalue weighted by Crippen LogP contribution is -2.31. The lowest BCUT2D eigenvalue weighted by molar-refractivity contribution is 0.330. The molecule has 3 aliphatic rings. The molecule has 1 saturated carbocycles. The standard InChI is InChI=1S/C17H28N2/c1-17(8-3-2-4-9-17)15-13-16(15)19-12-7-14-5-10-18-11-6-14/h2-4,8,14-16,18-19H,5-7,9-13H2,1H3/t15-,16-,17?/m0/s1. The van der Waals surface area contributed by atoms with E-state index in [0.29, 0.717) is 5.41 Å². The first-order valence-electron chi connectivity index (χ1n) is 8.06. The van der Waals surface area contributed by atoms with Crippen LogP contribution in [0.5, 0.6) is 0 Å². The minimum Gasteiger partial charge on any atom is -0.317 e. The van der Waals surface area contributed by atoms with Crippen molar-refractivity contribution in [2.24, 2.45) is 17.3 Å². The summed E-state index contributed by atoms with van der Waals surface area (Å²) in [6, 6.07) is 0.780. The van der Waals surface area contributed by atoms with E-state index in [0.717, 1.165) is 17.9 Å². The van der Waals surface area contributed by atoms with Crippen molar-refractivity contribution in [3.8, 4) is 0 Å². The first-order chi connectivity index (χ1) is 9.28. The van der Waals surface area contributed by atoms with Gasteiger partial charge in [0.15, 0.2) is 0 Å². The molecule has 19 heavy (non-hydrogen) atoms. The average molecular weight is 260 g/mol. The summed E-state index contributed by atoms with van der Waals surface area (Å²) in [6.45, 7) is 6.10. The van der Waals surface area contributed by atoms with Gasteiger partial charge in [0, 0.05) is 6.04 Å². The molecule has 1 unspecified atom stereocenters.